The number of aromatic hydroxyl groups is 1. The van der Waals surface area contributed by atoms with Gasteiger partial charge in [0.25, 0.3) is 0 Å². The van der Waals surface area contributed by atoms with E-state index in [2.05, 4.69) is 5.32 Å². The highest BCUT2D eigenvalue weighted by Crippen LogP contribution is 2.15. The lowest BCUT2D eigenvalue weighted by atomic mass is 10.2. The van der Waals surface area contributed by atoms with Crippen LogP contribution in [0.15, 0.2) is 48.5 Å². The second-order valence-electron chi connectivity index (χ2n) is 4.48. The molecule has 0 saturated carbocycles. The van der Waals surface area contributed by atoms with E-state index in [9.17, 15) is 9.90 Å². The molecule has 5 nitrogen and oxygen atoms in total. The number of carboxylic acids is 1. The van der Waals surface area contributed by atoms with E-state index >= 15 is 0 Å². The summed E-state index contributed by atoms with van der Waals surface area (Å²) in [6, 6.07) is 13.4. The molecule has 0 aliphatic heterocycles. The highest BCUT2D eigenvalue weighted by atomic mass is 16.5. The molecule has 2 rings (SSSR count). The Morgan fingerprint density at radius 1 is 1.10 bits per heavy atom. The molecule has 0 heterocycles. The minimum absolute atomic E-state index is 0.236. The Morgan fingerprint density at radius 2 is 1.81 bits per heavy atom. The first-order valence-electron chi connectivity index (χ1n) is 6.60. The molecule has 2 aromatic carbocycles. The van der Waals surface area contributed by atoms with Crippen molar-refractivity contribution in [2.24, 2.45) is 0 Å². The summed E-state index contributed by atoms with van der Waals surface area (Å²) < 4.78 is 5.49. The Bertz CT molecular complexity index is 595. The first-order chi connectivity index (χ1) is 10.2. The number of hydrogen-bond donors (Lipinski definition) is 3. The van der Waals surface area contributed by atoms with Crippen molar-refractivity contribution in [1.82, 2.24) is 5.32 Å². The van der Waals surface area contributed by atoms with Crippen LogP contribution >= 0.6 is 0 Å². The van der Waals surface area contributed by atoms with Gasteiger partial charge in [-0.25, -0.2) is 4.79 Å². The lowest BCUT2D eigenvalue weighted by molar-refractivity contribution is 0.0697. The molecule has 0 aromatic heterocycles. The fourth-order valence-corrected chi connectivity index (χ4v) is 1.82. The Kier molecular flexibility index (Phi) is 5.17. The van der Waals surface area contributed by atoms with Crippen LogP contribution in [0.5, 0.6) is 11.5 Å². The first-order valence-corrected chi connectivity index (χ1v) is 6.60. The highest BCUT2D eigenvalue weighted by molar-refractivity contribution is 5.87. The van der Waals surface area contributed by atoms with E-state index in [1.54, 1.807) is 24.3 Å². The zero-order valence-corrected chi connectivity index (χ0v) is 11.5. The maximum atomic E-state index is 10.7. The van der Waals surface area contributed by atoms with E-state index in [4.69, 9.17) is 9.84 Å². The molecule has 0 radical (unpaired) electrons. The van der Waals surface area contributed by atoms with Gasteiger partial charge in [0, 0.05) is 18.7 Å². The summed E-state index contributed by atoms with van der Waals surface area (Å²) in [5, 5.41) is 21.5. The average molecular weight is 287 g/mol. The van der Waals surface area contributed by atoms with Gasteiger partial charge in [-0.05, 0) is 30.3 Å². The van der Waals surface area contributed by atoms with Crippen molar-refractivity contribution in [3.63, 3.8) is 0 Å². The summed E-state index contributed by atoms with van der Waals surface area (Å²) >= 11 is 0. The molecule has 0 bridgehead atoms. The van der Waals surface area contributed by atoms with Gasteiger partial charge in [0.15, 0.2) is 0 Å². The molecule has 5 heteroatoms. The Hall–Kier alpha value is -2.53. The van der Waals surface area contributed by atoms with E-state index in [-0.39, 0.29) is 11.3 Å². The van der Waals surface area contributed by atoms with Crippen molar-refractivity contribution in [2.75, 3.05) is 13.2 Å². The molecule has 21 heavy (non-hydrogen) atoms. The number of benzene rings is 2. The number of hydrogen-bond acceptors (Lipinski definition) is 4. The van der Waals surface area contributed by atoms with Crippen LogP contribution in [0.1, 0.15) is 15.9 Å². The van der Waals surface area contributed by atoms with Crippen LogP contribution in [0.2, 0.25) is 0 Å². The third kappa shape index (κ3) is 4.50. The predicted octanol–water partition coefficient (Wildman–Crippen LogP) is 2.26. The predicted molar refractivity (Wildman–Crippen MR) is 78.7 cm³/mol. The van der Waals surface area contributed by atoms with Crippen molar-refractivity contribution in [3.8, 4) is 11.5 Å². The van der Waals surface area contributed by atoms with Gasteiger partial charge in [-0.15, -0.1) is 0 Å². The average Bonchev–Trinajstić information content (AvgIpc) is 2.49. The van der Waals surface area contributed by atoms with E-state index < -0.39 is 5.97 Å². The van der Waals surface area contributed by atoms with Gasteiger partial charge in [0.2, 0.25) is 0 Å². The molecule has 0 amide bonds. The molecule has 0 aliphatic rings. The zero-order valence-electron chi connectivity index (χ0n) is 11.5. The third-order valence-corrected chi connectivity index (χ3v) is 2.96. The second-order valence-corrected chi connectivity index (χ2v) is 4.48. The molecule has 3 N–H and O–H groups in total. The van der Waals surface area contributed by atoms with Crippen molar-refractivity contribution in [2.45, 2.75) is 6.54 Å². The topological polar surface area (TPSA) is 78.8 Å². The number of carboxylic acid groups (broad SMARTS) is 1. The Labute approximate surface area is 122 Å². The molecule has 110 valence electrons. The Morgan fingerprint density at radius 3 is 2.48 bits per heavy atom. The number of rotatable bonds is 7. The number of para-hydroxylation sites is 1. The number of nitrogens with one attached hydrogen (secondary N) is 1. The monoisotopic (exact) mass is 287 g/mol. The van der Waals surface area contributed by atoms with Crippen molar-refractivity contribution >= 4 is 5.97 Å². The molecular formula is C16H17NO4. The number of carbonyl (C=O) groups is 1. The zero-order chi connectivity index (χ0) is 15.1. The van der Waals surface area contributed by atoms with Crippen LogP contribution in [0.3, 0.4) is 0 Å². The second kappa shape index (κ2) is 7.31. The van der Waals surface area contributed by atoms with E-state index in [1.165, 1.54) is 12.1 Å². The van der Waals surface area contributed by atoms with Gasteiger partial charge in [-0.3, -0.25) is 0 Å². The minimum Gasteiger partial charge on any atom is -0.508 e. The van der Waals surface area contributed by atoms with Crippen LogP contribution in [-0.2, 0) is 6.54 Å². The molecule has 0 fully saturated rings. The van der Waals surface area contributed by atoms with Crippen molar-refractivity contribution in [1.29, 1.82) is 0 Å². The van der Waals surface area contributed by atoms with Gasteiger partial charge in [-0.2, -0.15) is 0 Å². The fraction of sp³-hybridized carbons (Fsp3) is 0.188. The lowest BCUT2D eigenvalue weighted by Crippen LogP contribution is -2.20. The number of ether oxygens (including phenoxy) is 1. The first kappa shape index (κ1) is 14.9. The minimum atomic E-state index is -0.953. The number of phenolic OH excluding ortho intramolecular Hbond substituents is 1. The highest BCUT2D eigenvalue weighted by Gasteiger charge is 2.02. The molecule has 0 aliphatic carbocycles. The number of aromatic carboxylic acids is 1. The van der Waals surface area contributed by atoms with Crippen molar-refractivity contribution < 1.29 is 19.7 Å². The van der Waals surface area contributed by atoms with Crippen LogP contribution < -0.4 is 10.1 Å². The van der Waals surface area contributed by atoms with Crippen LogP contribution in [-0.4, -0.2) is 29.3 Å². The summed E-state index contributed by atoms with van der Waals surface area (Å²) in [5.41, 5.74) is 1.07. The maximum Gasteiger partial charge on any atom is 0.335 e. The van der Waals surface area contributed by atoms with Gasteiger partial charge < -0.3 is 20.3 Å². The van der Waals surface area contributed by atoms with Gasteiger partial charge in [-0.1, -0.05) is 18.2 Å². The third-order valence-electron chi connectivity index (χ3n) is 2.96. The molecule has 0 saturated heterocycles. The quantitative estimate of drug-likeness (QED) is 0.681. The smallest absolute Gasteiger partial charge is 0.335 e. The standard InChI is InChI=1S/C16H17NO4/c18-15-4-2-1-3-13(15)11-17-9-10-21-14-7-5-12(6-8-14)16(19)20/h1-8,17-18H,9-11H2,(H,19,20). The van der Waals surface area contributed by atoms with Gasteiger partial charge in [0.05, 0.1) is 5.56 Å². The molecule has 0 spiro atoms. The Balaban J connectivity index is 1.70. The van der Waals surface area contributed by atoms with Gasteiger partial charge >= 0.3 is 5.97 Å². The van der Waals surface area contributed by atoms with E-state index in [0.717, 1.165) is 5.56 Å². The summed E-state index contributed by atoms with van der Waals surface area (Å²) in [4.78, 5) is 10.7. The normalized spacial score (nSPS) is 10.3. The summed E-state index contributed by atoms with van der Waals surface area (Å²) in [7, 11) is 0. The summed E-state index contributed by atoms with van der Waals surface area (Å²) in [6.07, 6.45) is 0. The summed E-state index contributed by atoms with van der Waals surface area (Å²) in [6.45, 7) is 1.64. The molecular weight excluding hydrogens is 270 g/mol. The van der Waals surface area contributed by atoms with E-state index in [0.29, 0.717) is 25.4 Å². The molecule has 0 atom stereocenters. The molecule has 2 aromatic rings. The lowest BCUT2D eigenvalue weighted by Gasteiger charge is -2.08. The van der Waals surface area contributed by atoms with Crippen LogP contribution in [0.4, 0.5) is 0 Å². The van der Waals surface area contributed by atoms with Crippen molar-refractivity contribution in [3.05, 3.63) is 59.7 Å². The largest absolute Gasteiger partial charge is 0.508 e. The fourth-order valence-electron chi connectivity index (χ4n) is 1.82. The maximum absolute atomic E-state index is 10.7. The molecule has 0 unspecified atom stereocenters. The SMILES string of the molecule is O=C(O)c1ccc(OCCNCc2ccccc2O)cc1. The van der Waals surface area contributed by atoms with Crippen LogP contribution in [0, 0.1) is 0 Å². The summed E-state index contributed by atoms with van der Waals surface area (Å²) in [5.74, 6) is -0.0505. The van der Waals surface area contributed by atoms with Crippen LogP contribution in [0.25, 0.3) is 0 Å². The van der Waals surface area contributed by atoms with Gasteiger partial charge in [0.1, 0.15) is 18.1 Å². The van der Waals surface area contributed by atoms with E-state index in [1.807, 2.05) is 12.1 Å². The number of phenols is 1.